The van der Waals surface area contributed by atoms with Crippen molar-refractivity contribution in [2.24, 2.45) is 0 Å². The van der Waals surface area contributed by atoms with Gasteiger partial charge in [0, 0.05) is 21.7 Å². The molecule has 15 aromatic rings. The van der Waals surface area contributed by atoms with Gasteiger partial charge in [0.1, 0.15) is 11.2 Å². The highest BCUT2D eigenvalue weighted by Gasteiger charge is 2.22. The molecule has 0 aliphatic carbocycles. The Morgan fingerprint density at radius 2 is 0.537 bits per heavy atom. The average molecular weight is 847 g/mol. The maximum absolute atomic E-state index is 7.18. The summed E-state index contributed by atoms with van der Waals surface area (Å²) >= 11 is 0. The van der Waals surface area contributed by atoms with Gasteiger partial charge < -0.3 is 4.42 Å². The lowest BCUT2D eigenvalue weighted by atomic mass is 9.86. The highest BCUT2D eigenvalue weighted by molar-refractivity contribution is 6.30. The molecule has 0 spiro atoms. The predicted molar refractivity (Wildman–Crippen MR) is 286 cm³/mol. The molecule has 1 nitrogen and oxygen atoms in total. The number of hydrogen-bond donors (Lipinski definition) is 0. The third-order valence-electron chi connectivity index (χ3n) is 14.8. The Balaban J connectivity index is 0.915. The van der Waals surface area contributed by atoms with Crippen molar-refractivity contribution in [2.45, 2.75) is 0 Å². The van der Waals surface area contributed by atoms with Crippen LogP contribution in [0.2, 0.25) is 0 Å². The summed E-state index contributed by atoms with van der Waals surface area (Å²) in [6.07, 6.45) is 0. The molecule has 67 heavy (non-hydrogen) atoms. The molecule has 0 saturated heterocycles. The largest absolute Gasteiger partial charge is 0.455 e. The molecule has 0 N–H and O–H groups in total. The standard InChI is InChI=1S/C66H38O/c1-3-9-39(10-4-1)48-28-20-44-25-34-56-50(30-22-45-24-32-54(48)60(44)61(45)56)42-15-17-43(18-16-42)52-37-38-58(64-59-36-19-41-13-7-8-14-51(41)65(59)67-66(52)64)53-31-23-47-26-33-55-49(40-11-5-2-6-12-40)29-21-46-27-35-57(53)63(47)62(46)55/h1-38H. The van der Waals surface area contributed by atoms with Crippen molar-refractivity contribution in [1.82, 2.24) is 0 Å². The molecule has 0 saturated carbocycles. The summed E-state index contributed by atoms with van der Waals surface area (Å²) in [7, 11) is 0. The van der Waals surface area contributed by atoms with E-state index in [-0.39, 0.29) is 0 Å². The van der Waals surface area contributed by atoms with Crippen LogP contribution in [-0.4, -0.2) is 0 Å². The molecule has 0 amide bonds. The molecule has 0 fully saturated rings. The zero-order chi connectivity index (χ0) is 43.7. The summed E-state index contributed by atoms with van der Waals surface area (Å²) in [5.74, 6) is 0. The van der Waals surface area contributed by atoms with Crippen LogP contribution < -0.4 is 0 Å². The zero-order valence-corrected chi connectivity index (χ0v) is 36.3. The summed E-state index contributed by atoms with van der Waals surface area (Å²) in [6, 6.07) is 85.2. The first-order valence-corrected chi connectivity index (χ1v) is 23.2. The van der Waals surface area contributed by atoms with Gasteiger partial charge in [0.2, 0.25) is 0 Å². The average Bonchev–Trinajstić information content (AvgIpc) is 3.80. The molecule has 308 valence electrons. The number of rotatable bonds is 5. The van der Waals surface area contributed by atoms with Crippen LogP contribution in [0.4, 0.5) is 0 Å². The van der Waals surface area contributed by atoms with Crippen LogP contribution in [0.25, 0.3) is 153 Å². The number of hydrogen-bond acceptors (Lipinski definition) is 1. The van der Waals surface area contributed by atoms with E-state index in [2.05, 4.69) is 231 Å². The molecule has 1 aromatic heterocycles. The van der Waals surface area contributed by atoms with Crippen LogP contribution in [0.15, 0.2) is 235 Å². The number of furan rings is 1. The van der Waals surface area contributed by atoms with E-state index in [4.69, 9.17) is 4.42 Å². The fraction of sp³-hybridized carbons (Fsp3) is 0. The highest BCUT2D eigenvalue weighted by Crippen LogP contribution is 2.49. The Morgan fingerprint density at radius 3 is 1.06 bits per heavy atom. The Morgan fingerprint density at radius 1 is 0.179 bits per heavy atom. The molecule has 1 heterocycles. The van der Waals surface area contributed by atoms with Gasteiger partial charge >= 0.3 is 0 Å². The van der Waals surface area contributed by atoms with Crippen LogP contribution in [0.5, 0.6) is 0 Å². The van der Waals surface area contributed by atoms with Gasteiger partial charge in [-0.1, -0.05) is 218 Å². The monoisotopic (exact) mass is 846 g/mol. The summed E-state index contributed by atoms with van der Waals surface area (Å²) in [5.41, 5.74) is 13.8. The Hall–Kier alpha value is -8.78. The third-order valence-corrected chi connectivity index (χ3v) is 14.8. The molecule has 1 heteroatoms. The molecular weight excluding hydrogens is 809 g/mol. The third kappa shape index (κ3) is 5.25. The SMILES string of the molecule is c1ccc(-c2ccc3ccc4c(-c5ccc(-c6ccc(-c7ccc8ccc9c(-c%10ccccc%10)ccc%10ccc7c8c%109)c7c6oc6c8ccccc8ccc67)cc5)ccc5ccc2c3c54)cc1. The molecule has 0 aliphatic rings. The summed E-state index contributed by atoms with van der Waals surface area (Å²) in [6.45, 7) is 0. The molecule has 0 unspecified atom stereocenters. The maximum Gasteiger partial charge on any atom is 0.143 e. The normalized spacial score (nSPS) is 12.2. The lowest BCUT2D eigenvalue weighted by Crippen LogP contribution is -1.90. The van der Waals surface area contributed by atoms with Crippen molar-refractivity contribution in [3.05, 3.63) is 231 Å². The highest BCUT2D eigenvalue weighted by atomic mass is 16.3. The van der Waals surface area contributed by atoms with Crippen LogP contribution in [0, 0.1) is 0 Å². The van der Waals surface area contributed by atoms with Crippen molar-refractivity contribution in [3.8, 4) is 55.6 Å². The Kier molecular flexibility index (Phi) is 7.56. The second-order valence-electron chi connectivity index (χ2n) is 18.2. The molecular formula is C66H38O. The fourth-order valence-corrected chi connectivity index (χ4v) is 11.7. The molecule has 0 atom stereocenters. The first-order chi connectivity index (χ1) is 33.2. The fourth-order valence-electron chi connectivity index (χ4n) is 11.7. The van der Waals surface area contributed by atoms with Gasteiger partial charge in [0.25, 0.3) is 0 Å². The smallest absolute Gasteiger partial charge is 0.143 e. The minimum absolute atomic E-state index is 0.908. The van der Waals surface area contributed by atoms with Crippen molar-refractivity contribution in [1.29, 1.82) is 0 Å². The van der Waals surface area contributed by atoms with Gasteiger partial charge in [-0.3, -0.25) is 0 Å². The molecule has 14 aromatic carbocycles. The van der Waals surface area contributed by atoms with Gasteiger partial charge in [-0.25, -0.2) is 0 Å². The van der Waals surface area contributed by atoms with Gasteiger partial charge in [0.15, 0.2) is 0 Å². The number of benzene rings is 14. The molecule has 0 radical (unpaired) electrons. The first kappa shape index (κ1) is 36.5. The maximum atomic E-state index is 7.18. The van der Waals surface area contributed by atoms with E-state index < -0.39 is 0 Å². The van der Waals surface area contributed by atoms with Crippen molar-refractivity contribution >= 4 is 97.3 Å². The lowest BCUT2D eigenvalue weighted by molar-refractivity contribution is 0.674. The van der Waals surface area contributed by atoms with Crippen LogP contribution >= 0.6 is 0 Å². The predicted octanol–water partition coefficient (Wildman–Crippen LogP) is 18.9. The van der Waals surface area contributed by atoms with Gasteiger partial charge in [0.05, 0.1) is 0 Å². The van der Waals surface area contributed by atoms with E-state index in [1.807, 2.05) is 0 Å². The van der Waals surface area contributed by atoms with E-state index in [1.54, 1.807) is 0 Å². The second-order valence-corrected chi connectivity index (χ2v) is 18.2. The van der Waals surface area contributed by atoms with Crippen molar-refractivity contribution < 1.29 is 4.42 Å². The van der Waals surface area contributed by atoms with Gasteiger partial charge in [-0.15, -0.1) is 0 Å². The summed E-state index contributed by atoms with van der Waals surface area (Å²) < 4.78 is 7.18. The van der Waals surface area contributed by atoms with E-state index >= 15 is 0 Å². The Bertz CT molecular complexity index is 4460. The van der Waals surface area contributed by atoms with Crippen LogP contribution in [0.3, 0.4) is 0 Å². The summed E-state index contributed by atoms with van der Waals surface area (Å²) in [4.78, 5) is 0. The lowest BCUT2D eigenvalue weighted by Gasteiger charge is -2.17. The Labute approximate surface area is 386 Å². The minimum Gasteiger partial charge on any atom is -0.455 e. The zero-order valence-electron chi connectivity index (χ0n) is 36.3. The molecule has 0 aliphatic heterocycles. The first-order valence-electron chi connectivity index (χ1n) is 23.2. The van der Waals surface area contributed by atoms with Crippen molar-refractivity contribution in [2.75, 3.05) is 0 Å². The van der Waals surface area contributed by atoms with Gasteiger partial charge in [-0.2, -0.15) is 0 Å². The summed E-state index contributed by atoms with van der Waals surface area (Å²) in [5, 5.41) is 20.0. The van der Waals surface area contributed by atoms with E-state index in [0.717, 1.165) is 38.5 Å². The minimum atomic E-state index is 0.908. The second kappa shape index (κ2) is 13.9. The van der Waals surface area contributed by atoms with E-state index in [0.29, 0.717) is 0 Å². The quantitative estimate of drug-likeness (QED) is 0.157. The van der Waals surface area contributed by atoms with E-state index in [1.165, 1.54) is 115 Å². The van der Waals surface area contributed by atoms with Crippen LogP contribution in [-0.2, 0) is 0 Å². The van der Waals surface area contributed by atoms with Gasteiger partial charge in [-0.05, 0) is 132 Å². The molecule has 0 bridgehead atoms. The number of fused-ring (bicyclic) bond motifs is 5. The van der Waals surface area contributed by atoms with E-state index in [9.17, 15) is 0 Å². The van der Waals surface area contributed by atoms with Crippen molar-refractivity contribution in [3.63, 3.8) is 0 Å². The topological polar surface area (TPSA) is 13.1 Å². The molecule has 15 rings (SSSR count). The van der Waals surface area contributed by atoms with Crippen LogP contribution in [0.1, 0.15) is 0 Å².